The van der Waals surface area contributed by atoms with E-state index in [1.54, 1.807) is 0 Å². The number of amides is 1. The van der Waals surface area contributed by atoms with Gasteiger partial charge in [0.05, 0.1) is 6.17 Å². The van der Waals surface area contributed by atoms with Gasteiger partial charge in [0.2, 0.25) is 5.91 Å². The van der Waals surface area contributed by atoms with Crippen LogP contribution in [0.3, 0.4) is 0 Å². The predicted molar refractivity (Wildman–Crippen MR) is 64.9 cm³/mol. The minimum Gasteiger partial charge on any atom is -0.339 e. The maximum atomic E-state index is 13.9. The van der Waals surface area contributed by atoms with E-state index in [1.807, 2.05) is 6.92 Å². The first-order valence-corrected chi connectivity index (χ1v) is 6.31. The topological polar surface area (TPSA) is 53.2 Å². The van der Waals surface area contributed by atoms with Gasteiger partial charge in [0, 0.05) is 24.3 Å². The molecule has 2 fully saturated rings. The van der Waals surface area contributed by atoms with Crippen LogP contribution in [0.2, 0.25) is 0 Å². The predicted octanol–water partition coefficient (Wildman–Crippen LogP) is 1.01. The van der Waals surface area contributed by atoms with Crippen molar-refractivity contribution in [1.82, 2.24) is 16.2 Å². The van der Waals surface area contributed by atoms with Crippen molar-refractivity contribution in [2.45, 2.75) is 31.5 Å². The van der Waals surface area contributed by atoms with Crippen LogP contribution in [-0.4, -0.2) is 18.1 Å². The number of rotatable bonds is 1. The van der Waals surface area contributed by atoms with E-state index >= 15 is 0 Å². The maximum absolute atomic E-state index is 13.9. The number of piperidine rings is 1. The number of hydrogen-bond acceptors (Lipinski definition) is 3. The number of nitrogens with one attached hydrogen (secondary N) is 3. The third kappa shape index (κ3) is 2.11. The van der Waals surface area contributed by atoms with Crippen LogP contribution in [0, 0.1) is 17.6 Å². The van der Waals surface area contributed by atoms with Crippen molar-refractivity contribution in [3.63, 3.8) is 0 Å². The van der Waals surface area contributed by atoms with Crippen LogP contribution in [0.25, 0.3) is 0 Å². The van der Waals surface area contributed by atoms with E-state index in [9.17, 15) is 13.6 Å². The lowest BCUT2D eigenvalue weighted by atomic mass is 9.76. The van der Waals surface area contributed by atoms with E-state index in [4.69, 9.17) is 0 Å². The number of carbonyl (C=O) groups is 1. The highest BCUT2D eigenvalue weighted by atomic mass is 19.1. The first-order valence-electron chi connectivity index (χ1n) is 6.31. The lowest BCUT2D eigenvalue weighted by molar-refractivity contribution is -0.125. The van der Waals surface area contributed by atoms with E-state index in [1.165, 1.54) is 6.07 Å². The normalized spacial score (nSPS) is 33.9. The third-order valence-corrected chi connectivity index (χ3v) is 3.97. The first-order chi connectivity index (χ1) is 9.06. The summed E-state index contributed by atoms with van der Waals surface area (Å²) < 4.78 is 27.3. The van der Waals surface area contributed by atoms with E-state index in [2.05, 4.69) is 16.2 Å². The Balaban J connectivity index is 2.01. The summed E-state index contributed by atoms with van der Waals surface area (Å²) in [6.45, 7) is 1.96. The molecule has 3 rings (SSSR count). The molecule has 0 spiro atoms. The van der Waals surface area contributed by atoms with Gasteiger partial charge in [-0.2, -0.15) is 0 Å². The minimum atomic E-state index is -0.481. The summed E-state index contributed by atoms with van der Waals surface area (Å²) in [5, 5.41) is 2.81. The molecule has 0 saturated carbocycles. The molecule has 1 amide bonds. The summed E-state index contributed by atoms with van der Waals surface area (Å²) in [6, 6.07) is 3.47. The number of hydrogen-bond donors (Lipinski definition) is 3. The number of hydrazine groups is 1. The molecule has 102 valence electrons. The summed E-state index contributed by atoms with van der Waals surface area (Å²) in [6.07, 6.45) is -0.0705. The van der Waals surface area contributed by atoms with Crippen LogP contribution >= 0.6 is 0 Å². The van der Waals surface area contributed by atoms with Gasteiger partial charge in [0.1, 0.15) is 11.6 Å². The minimum absolute atomic E-state index is 0.00556. The molecule has 4 unspecified atom stereocenters. The fraction of sp³-hybridized carbons (Fsp3) is 0.462. The number of carbonyl (C=O) groups excluding carboxylic acids is 1. The molecule has 4 atom stereocenters. The molecule has 3 N–H and O–H groups in total. The molecule has 1 aromatic carbocycles. The molecule has 2 heterocycles. The summed E-state index contributed by atoms with van der Waals surface area (Å²) in [5.74, 6) is -1.43. The molecule has 6 heteroatoms. The Morgan fingerprint density at radius 1 is 1.26 bits per heavy atom. The Hall–Kier alpha value is -1.53. The third-order valence-electron chi connectivity index (χ3n) is 3.97. The lowest BCUT2D eigenvalue weighted by Gasteiger charge is -2.35. The number of fused-ring (bicyclic) bond motifs is 1. The van der Waals surface area contributed by atoms with Gasteiger partial charge in [0.15, 0.2) is 0 Å². The van der Waals surface area contributed by atoms with E-state index in [-0.39, 0.29) is 41.9 Å². The quantitative estimate of drug-likeness (QED) is 0.711. The van der Waals surface area contributed by atoms with Crippen molar-refractivity contribution in [3.8, 4) is 0 Å². The van der Waals surface area contributed by atoms with E-state index in [0.29, 0.717) is 0 Å². The fourth-order valence-corrected chi connectivity index (χ4v) is 3.10. The Bertz CT molecular complexity index is 523. The van der Waals surface area contributed by atoms with E-state index < -0.39 is 11.6 Å². The van der Waals surface area contributed by atoms with Crippen molar-refractivity contribution in [3.05, 3.63) is 35.4 Å². The molecule has 0 bridgehead atoms. The van der Waals surface area contributed by atoms with Gasteiger partial charge in [-0.1, -0.05) is 0 Å². The van der Waals surface area contributed by atoms with Crippen LogP contribution in [0.1, 0.15) is 24.8 Å². The molecular weight excluding hydrogens is 252 g/mol. The van der Waals surface area contributed by atoms with Gasteiger partial charge in [-0.15, -0.1) is 0 Å². The summed E-state index contributed by atoms with van der Waals surface area (Å²) in [7, 11) is 0. The van der Waals surface area contributed by atoms with Gasteiger partial charge < -0.3 is 5.32 Å². The highest BCUT2D eigenvalue weighted by molar-refractivity contribution is 5.78. The number of halogens is 2. The molecule has 0 aromatic heterocycles. The van der Waals surface area contributed by atoms with Gasteiger partial charge in [-0.25, -0.2) is 14.2 Å². The van der Waals surface area contributed by atoms with Crippen molar-refractivity contribution in [2.24, 2.45) is 5.92 Å². The molecular formula is C13H15F2N3O. The lowest BCUT2D eigenvalue weighted by Crippen LogP contribution is -2.52. The fourth-order valence-electron chi connectivity index (χ4n) is 3.10. The van der Waals surface area contributed by atoms with Crippen molar-refractivity contribution < 1.29 is 13.6 Å². The zero-order valence-electron chi connectivity index (χ0n) is 10.4. The zero-order valence-corrected chi connectivity index (χ0v) is 10.4. The van der Waals surface area contributed by atoms with Crippen molar-refractivity contribution >= 4 is 5.91 Å². The molecule has 2 aliphatic heterocycles. The van der Waals surface area contributed by atoms with Crippen LogP contribution in [-0.2, 0) is 4.79 Å². The standard InChI is InChI=1S/C13H15F2N3O/c1-6-12-9(5-11(19)16-13(12)18-17-6)8-4-7(14)2-3-10(8)15/h2-4,6,9,12-13,17-18H,5H2,1H3,(H,16,19). The smallest absolute Gasteiger partial charge is 0.221 e. The van der Waals surface area contributed by atoms with Gasteiger partial charge in [-0.3, -0.25) is 10.2 Å². The van der Waals surface area contributed by atoms with Gasteiger partial charge >= 0.3 is 0 Å². The molecule has 19 heavy (non-hydrogen) atoms. The largest absolute Gasteiger partial charge is 0.339 e. The van der Waals surface area contributed by atoms with E-state index in [0.717, 1.165) is 12.1 Å². The molecule has 4 nitrogen and oxygen atoms in total. The maximum Gasteiger partial charge on any atom is 0.221 e. The van der Waals surface area contributed by atoms with Crippen molar-refractivity contribution in [2.75, 3.05) is 0 Å². The zero-order chi connectivity index (χ0) is 13.6. The van der Waals surface area contributed by atoms with Crippen LogP contribution in [0.15, 0.2) is 18.2 Å². The average molecular weight is 267 g/mol. The SMILES string of the molecule is CC1NNC2NC(=O)CC(c3cc(F)ccc3F)C12. The van der Waals surface area contributed by atoms with Crippen molar-refractivity contribution in [1.29, 1.82) is 0 Å². The monoisotopic (exact) mass is 267 g/mol. The van der Waals surface area contributed by atoms with Crippen LogP contribution in [0.4, 0.5) is 8.78 Å². The molecule has 0 aliphatic carbocycles. The molecule has 2 saturated heterocycles. The van der Waals surface area contributed by atoms with Gasteiger partial charge in [0.25, 0.3) is 0 Å². The Morgan fingerprint density at radius 2 is 2.05 bits per heavy atom. The second-order valence-electron chi connectivity index (χ2n) is 5.18. The highest BCUT2D eigenvalue weighted by Gasteiger charge is 2.45. The Morgan fingerprint density at radius 3 is 2.84 bits per heavy atom. The summed E-state index contributed by atoms with van der Waals surface area (Å²) in [5.41, 5.74) is 6.29. The first kappa shape index (κ1) is 12.5. The van der Waals surface area contributed by atoms with Gasteiger partial charge in [-0.05, 0) is 30.7 Å². The van der Waals surface area contributed by atoms with Crippen LogP contribution in [0.5, 0.6) is 0 Å². The second-order valence-corrected chi connectivity index (χ2v) is 5.18. The molecule has 2 aliphatic rings. The molecule has 0 radical (unpaired) electrons. The average Bonchev–Trinajstić information content (AvgIpc) is 2.73. The number of benzene rings is 1. The highest BCUT2D eigenvalue weighted by Crippen LogP contribution is 2.38. The summed E-state index contributed by atoms with van der Waals surface area (Å²) >= 11 is 0. The Kier molecular flexibility index (Phi) is 2.99. The second kappa shape index (κ2) is 4.54. The molecule has 1 aromatic rings. The Labute approximate surface area is 109 Å². The summed E-state index contributed by atoms with van der Waals surface area (Å²) in [4.78, 5) is 11.7. The van der Waals surface area contributed by atoms with Crippen LogP contribution < -0.4 is 16.2 Å².